The van der Waals surface area contributed by atoms with Crippen LogP contribution in [0.1, 0.15) is 47.5 Å². The van der Waals surface area contributed by atoms with E-state index in [2.05, 4.69) is 0 Å². The monoisotopic (exact) mass is 201 g/mol. The first-order valence-corrected chi connectivity index (χ1v) is 5.14. The summed E-state index contributed by atoms with van der Waals surface area (Å²) in [5.41, 5.74) is 5.10. The van der Waals surface area contributed by atoms with Crippen molar-refractivity contribution in [3.63, 3.8) is 0 Å². The summed E-state index contributed by atoms with van der Waals surface area (Å²) in [7, 11) is 0. The highest BCUT2D eigenvalue weighted by Crippen LogP contribution is 2.25. The summed E-state index contributed by atoms with van der Waals surface area (Å²) in [5.74, 6) is -0.160. The maximum Gasteiger partial charge on any atom is 0.306 e. The molecule has 0 amide bonds. The number of esters is 1. The van der Waals surface area contributed by atoms with Gasteiger partial charge in [0.15, 0.2) is 0 Å². The van der Waals surface area contributed by atoms with Crippen LogP contribution in [0.5, 0.6) is 0 Å². The third-order valence-electron chi connectivity index (χ3n) is 2.34. The van der Waals surface area contributed by atoms with Crippen molar-refractivity contribution in [1.29, 1.82) is 0 Å². The highest BCUT2D eigenvalue weighted by molar-refractivity contribution is 5.70. The summed E-state index contributed by atoms with van der Waals surface area (Å²) in [6.45, 7) is 10.2. The van der Waals surface area contributed by atoms with E-state index < -0.39 is 5.60 Å². The summed E-state index contributed by atoms with van der Waals surface area (Å²) in [5, 5.41) is 0. The minimum atomic E-state index is -0.402. The van der Waals surface area contributed by atoms with Crippen LogP contribution in [0.25, 0.3) is 0 Å². The Balaban J connectivity index is 4.18. The Morgan fingerprint density at radius 3 is 2.07 bits per heavy atom. The van der Waals surface area contributed by atoms with E-state index in [1.165, 1.54) is 0 Å². The zero-order chi connectivity index (χ0) is 11.4. The molecule has 0 radical (unpaired) electrons. The van der Waals surface area contributed by atoms with E-state index in [1.807, 2.05) is 34.6 Å². The lowest BCUT2D eigenvalue weighted by Gasteiger charge is -2.27. The number of carbonyl (C=O) groups excluding carboxylic acids is 1. The van der Waals surface area contributed by atoms with Gasteiger partial charge in [0.1, 0.15) is 5.60 Å². The molecule has 0 aliphatic rings. The highest BCUT2D eigenvalue weighted by Gasteiger charge is 2.27. The second-order valence-electron chi connectivity index (χ2n) is 5.13. The Bertz CT molecular complexity index is 190. The lowest BCUT2D eigenvalue weighted by molar-refractivity contribution is -0.157. The van der Waals surface area contributed by atoms with Gasteiger partial charge in [-0.05, 0) is 39.2 Å². The van der Waals surface area contributed by atoms with Gasteiger partial charge in [0, 0.05) is 0 Å². The van der Waals surface area contributed by atoms with Crippen LogP contribution in [0, 0.1) is 5.41 Å². The normalized spacial score (nSPS) is 16.1. The van der Waals surface area contributed by atoms with Gasteiger partial charge in [-0.2, -0.15) is 0 Å². The molecule has 0 saturated heterocycles. The van der Waals surface area contributed by atoms with Crippen LogP contribution in [-0.4, -0.2) is 18.1 Å². The largest absolute Gasteiger partial charge is 0.460 e. The molecule has 0 aliphatic heterocycles. The van der Waals surface area contributed by atoms with Crippen molar-refractivity contribution in [2.45, 2.75) is 53.1 Å². The van der Waals surface area contributed by atoms with Crippen molar-refractivity contribution in [3.05, 3.63) is 0 Å². The molecule has 2 N–H and O–H groups in total. The zero-order valence-electron chi connectivity index (χ0n) is 10.0. The first-order valence-electron chi connectivity index (χ1n) is 5.14. The molecule has 0 aromatic heterocycles. The molecular weight excluding hydrogens is 178 g/mol. The third kappa shape index (κ3) is 5.22. The molecule has 0 spiro atoms. The Hall–Kier alpha value is -0.570. The van der Waals surface area contributed by atoms with Crippen LogP contribution in [-0.2, 0) is 9.53 Å². The number of nitrogens with two attached hydrogens (primary N) is 1. The molecule has 0 fully saturated rings. The molecule has 0 bridgehead atoms. The van der Waals surface area contributed by atoms with Gasteiger partial charge in [-0.1, -0.05) is 13.8 Å². The van der Waals surface area contributed by atoms with Crippen LogP contribution in [0.3, 0.4) is 0 Å². The van der Waals surface area contributed by atoms with Gasteiger partial charge in [0.2, 0.25) is 0 Å². The topological polar surface area (TPSA) is 52.3 Å². The standard InChI is InChI=1S/C11H23NO2/c1-6-11(5,8-12)7-9(13)14-10(2,3)4/h6-8,12H2,1-5H3. The SMILES string of the molecule is CCC(C)(CN)CC(=O)OC(C)(C)C. The van der Waals surface area contributed by atoms with Crippen molar-refractivity contribution in [1.82, 2.24) is 0 Å². The number of ether oxygens (including phenoxy) is 1. The lowest BCUT2D eigenvalue weighted by Crippen LogP contribution is -2.33. The Labute approximate surface area is 87.0 Å². The van der Waals surface area contributed by atoms with E-state index in [4.69, 9.17) is 10.5 Å². The number of carbonyl (C=O) groups is 1. The van der Waals surface area contributed by atoms with Crippen LogP contribution < -0.4 is 5.73 Å². The lowest BCUT2D eigenvalue weighted by atomic mass is 9.84. The van der Waals surface area contributed by atoms with E-state index in [1.54, 1.807) is 0 Å². The Morgan fingerprint density at radius 1 is 1.29 bits per heavy atom. The summed E-state index contributed by atoms with van der Waals surface area (Å²) >= 11 is 0. The minimum Gasteiger partial charge on any atom is -0.460 e. The van der Waals surface area contributed by atoms with Gasteiger partial charge < -0.3 is 10.5 Å². The summed E-state index contributed by atoms with van der Waals surface area (Å²) in [6, 6.07) is 0. The van der Waals surface area contributed by atoms with Gasteiger partial charge in [-0.25, -0.2) is 0 Å². The van der Waals surface area contributed by atoms with Gasteiger partial charge in [0.05, 0.1) is 6.42 Å². The molecule has 0 saturated carbocycles. The molecule has 0 aromatic rings. The molecule has 0 rings (SSSR count). The fourth-order valence-electron chi connectivity index (χ4n) is 1.07. The molecule has 1 atom stereocenters. The van der Waals surface area contributed by atoms with E-state index in [0.717, 1.165) is 6.42 Å². The second kappa shape index (κ2) is 4.78. The third-order valence-corrected chi connectivity index (χ3v) is 2.34. The molecule has 3 nitrogen and oxygen atoms in total. The number of hydrogen-bond donors (Lipinski definition) is 1. The van der Waals surface area contributed by atoms with Crippen molar-refractivity contribution in [2.75, 3.05) is 6.54 Å². The van der Waals surface area contributed by atoms with Gasteiger partial charge in [-0.15, -0.1) is 0 Å². The van der Waals surface area contributed by atoms with Crippen molar-refractivity contribution in [3.8, 4) is 0 Å². The van der Waals surface area contributed by atoms with E-state index in [9.17, 15) is 4.79 Å². The predicted molar refractivity (Wildman–Crippen MR) is 57.9 cm³/mol. The molecule has 0 heterocycles. The summed E-state index contributed by atoms with van der Waals surface area (Å²) < 4.78 is 5.24. The van der Waals surface area contributed by atoms with E-state index in [-0.39, 0.29) is 11.4 Å². The molecule has 0 aromatic carbocycles. The Kier molecular flexibility index (Phi) is 4.59. The van der Waals surface area contributed by atoms with Crippen LogP contribution in [0.15, 0.2) is 0 Å². The zero-order valence-corrected chi connectivity index (χ0v) is 10.0. The van der Waals surface area contributed by atoms with E-state index in [0.29, 0.717) is 13.0 Å². The summed E-state index contributed by atoms with van der Waals surface area (Å²) in [4.78, 5) is 11.5. The minimum absolute atomic E-state index is 0.123. The smallest absolute Gasteiger partial charge is 0.306 e. The van der Waals surface area contributed by atoms with Crippen LogP contribution in [0.4, 0.5) is 0 Å². The number of hydrogen-bond acceptors (Lipinski definition) is 3. The maximum atomic E-state index is 11.5. The predicted octanol–water partition coefficient (Wildman–Crippen LogP) is 2.09. The van der Waals surface area contributed by atoms with Crippen molar-refractivity contribution < 1.29 is 9.53 Å². The average Bonchev–Trinajstić information content (AvgIpc) is 2.00. The molecule has 14 heavy (non-hydrogen) atoms. The van der Waals surface area contributed by atoms with Gasteiger partial charge in [-0.3, -0.25) is 4.79 Å². The molecular formula is C11H23NO2. The maximum absolute atomic E-state index is 11.5. The van der Waals surface area contributed by atoms with Crippen molar-refractivity contribution >= 4 is 5.97 Å². The van der Waals surface area contributed by atoms with Gasteiger partial charge >= 0.3 is 5.97 Å². The molecule has 0 aliphatic carbocycles. The second-order valence-corrected chi connectivity index (χ2v) is 5.13. The van der Waals surface area contributed by atoms with E-state index >= 15 is 0 Å². The fourth-order valence-corrected chi connectivity index (χ4v) is 1.07. The Morgan fingerprint density at radius 2 is 1.79 bits per heavy atom. The first kappa shape index (κ1) is 13.4. The van der Waals surface area contributed by atoms with Crippen molar-refractivity contribution in [2.24, 2.45) is 11.1 Å². The van der Waals surface area contributed by atoms with Crippen LogP contribution in [0.2, 0.25) is 0 Å². The first-order chi connectivity index (χ1) is 6.22. The van der Waals surface area contributed by atoms with Crippen LogP contribution >= 0.6 is 0 Å². The number of rotatable bonds is 4. The van der Waals surface area contributed by atoms with Gasteiger partial charge in [0.25, 0.3) is 0 Å². The quantitative estimate of drug-likeness (QED) is 0.709. The fraction of sp³-hybridized carbons (Fsp3) is 0.909. The average molecular weight is 201 g/mol. The summed E-state index contributed by atoms with van der Waals surface area (Å²) in [6.07, 6.45) is 1.29. The molecule has 1 unspecified atom stereocenters. The molecule has 3 heteroatoms. The molecule has 84 valence electrons. The highest BCUT2D eigenvalue weighted by atomic mass is 16.6.